The highest BCUT2D eigenvalue weighted by atomic mass is 32.2. The lowest BCUT2D eigenvalue weighted by molar-refractivity contribution is -0.113. The maximum atomic E-state index is 11.7. The van der Waals surface area contributed by atoms with Crippen molar-refractivity contribution in [3.05, 3.63) is 36.2 Å². The number of ether oxygens (including phenoxy) is 1. The number of anilines is 1. The Hall–Kier alpha value is -2.35. The number of carbonyl (C=O) groups excluding carboxylic acids is 2. The molecule has 0 saturated carbocycles. The first kappa shape index (κ1) is 15.0. The first-order valence-corrected chi connectivity index (χ1v) is 7.16. The minimum atomic E-state index is -0.675. The zero-order chi connectivity index (χ0) is 15.1. The molecule has 0 atom stereocenters. The van der Waals surface area contributed by atoms with Crippen molar-refractivity contribution >= 4 is 29.3 Å². The van der Waals surface area contributed by atoms with Crippen LogP contribution >= 0.6 is 11.8 Å². The Morgan fingerprint density at radius 1 is 1.29 bits per heavy atom. The minimum Gasteiger partial charge on any atom is -0.459 e. The van der Waals surface area contributed by atoms with Crippen molar-refractivity contribution in [2.24, 2.45) is 0 Å². The van der Waals surface area contributed by atoms with Crippen molar-refractivity contribution in [1.82, 2.24) is 10.2 Å². The molecule has 0 unspecified atom stereocenters. The molecule has 21 heavy (non-hydrogen) atoms. The van der Waals surface area contributed by atoms with E-state index in [0.29, 0.717) is 5.69 Å². The van der Waals surface area contributed by atoms with Gasteiger partial charge < -0.3 is 14.5 Å². The number of aromatic nitrogens is 2. The van der Waals surface area contributed by atoms with Gasteiger partial charge in [-0.15, -0.1) is 5.10 Å². The second kappa shape index (κ2) is 7.44. The topological polar surface area (TPSA) is 94.3 Å². The molecule has 0 fully saturated rings. The highest BCUT2D eigenvalue weighted by Gasteiger charge is 2.16. The average molecular weight is 307 g/mol. The van der Waals surface area contributed by atoms with Crippen LogP contribution in [-0.2, 0) is 9.53 Å². The number of rotatable bonds is 6. The van der Waals surface area contributed by atoms with Gasteiger partial charge in [-0.3, -0.25) is 4.79 Å². The van der Waals surface area contributed by atoms with Crippen molar-refractivity contribution in [1.29, 1.82) is 0 Å². The van der Waals surface area contributed by atoms with E-state index < -0.39 is 5.97 Å². The first-order valence-electron chi connectivity index (χ1n) is 6.17. The molecular weight excluding hydrogens is 294 g/mol. The van der Waals surface area contributed by atoms with Gasteiger partial charge in [0.15, 0.2) is 0 Å². The molecule has 0 aliphatic rings. The molecule has 1 aromatic heterocycles. The molecule has 0 bridgehead atoms. The molecular formula is C13H13N3O4S. The van der Waals surface area contributed by atoms with Gasteiger partial charge in [-0.2, -0.15) is 0 Å². The third-order valence-corrected chi connectivity index (χ3v) is 3.06. The maximum absolute atomic E-state index is 11.7. The third kappa shape index (κ3) is 4.60. The molecule has 1 amide bonds. The first-order chi connectivity index (χ1) is 10.2. The standard InChI is InChI=1S/C13H13N3O4S/c1-2-19-12(18)11-15-16-13(20-11)21-8-10(17)14-9-6-4-3-5-7-9/h3-7H,2,8H2,1H3,(H,14,17). The summed E-state index contributed by atoms with van der Waals surface area (Å²) in [6.45, 7) is 1.90. The van der Waals surface area contributed by atoms with Crippen LogP contribution in [0.15, 0.2) is 40.0 Å². The summed E-state index contributed by atoms with van der Waals surface area (Å²) >= 11 is 1.04. The molecule has 0 aliphatic carbocycles. The molecule has 1 heterocycles. The van der Waals surface area contributed by atoms with Gasteiger partial charge in [-0.1, -0.05) is 35.1 Å². The zero-order valence-electron chi connectivity index (χ0n) is 11.2. The lowest BCUT2D eigenvalue weighted by Gasteiger charge is -2.02. The molecule has 0 aliphatic heterocycles. The van der Waals surface area contributed by atoms with Crippen LogP contribution < -0.4 is 5.32 Å². The second-order valence-corrected chi connectivity index (χ2v) is 4.72. The van der Waals surface area contributed by atoms with Crippen LogP contribution in [0.4, 0.5) is 5.69 Å². The lowest BCUT2D eigenvalue weighted by atomic mass is 10.3. The Morgan fingerprint density at radius 2 is 2.05 bits per heavy atom. The van der Waals surface area contributed by atoms with Crippen LogP contribution in [0.25, 0.3) is 0 Å². The highest BCUT2D eigenvalue weighted by molar-refractivity contribution is 7.99. The average Bonchev–Trinajstić information content (AvgIpc) is 2.95. The number of hydrogen-bond acceptors (Lipinski definition) is 7. The Bertz CT molecular complexity index is 615. The Labute approximate surface area is 125 Å². The largest absolute Gasteiger partial charge is 0.459 e. The van der Waals surface area contributed by atoms with Gasteiger partial charge in [0.1, 0.15) is 0 Å². The van der Waals surface area contributed by atoms with Gasteiger partial charge in [0.25, 0.3) is 5.22 Å². The van der Waals surface area contributed by atoms with Crippen molar-refractivity contribution in [2.75, 3.05) is 17.7 Å². The molecule has 1 aromatic carbocycles. The number of thioether (sulfide) groups is 1. The third-order valence-electron chi connectivity index (χ3n) is 2.24. The smallest absolute Gasteiger partial charge is 0.396 e. The number of esters is 1. The number of amides is 1. The second-order valence-electron chi connectivity index (χ2n) is 3.80. The molecule has 0 spiro atoms. The van der Waals surface area contributed by atoms with Crippen molar-refractivity contribution < 1.29 is 18.7 Å². The summed E-state index contributed by atoms with van der Waals surface area (Å²) in [5, 5.41) is 10.1. The molecule has 1 N–H and O–H groups in total. The van der Waals surface area contributed by atoms with Gasteiger partial charge in [0.2, 0.25) is 5.91 Å². The van der Waals surface area contributed by atoms with Crippen LogP contribution in [0.2, 0.25) is 0 Å². The molecule has 7 nitrogen and oxygen atoms in total. The molecule has 0 radical (unpaired) electrons. The van der Waals surface area contributed by atoms with Crippen LogP contribution in [0.5, 0.6) is 0 Å². The Morgan fingerprint density at radius 3 is 2.76 bits per heavy atom. The van der Waals surface area contributed by atoms with Crippen molar-refractivity contribution in [3.8, 4) is 0 Å². The summed E-state index contributed by atoms with van der Waals surface area (Å²) in [5.41, 5.74) is 0.709. The fourth-order valence-corrected chi connectivity index (χ4v) is 1.95. The summed E-state index contributed by atoms with van der Waals surface area (Å²) in [4.78, 5) is 23.0. The van der Waals surface area contributed by atoms with Gasteiger partial charge in [-0.05, 0) is 19.1 Å². The lowest BCUT2D eigenvalue weighted by Crippen LogP contribution is -2.13. The fourth-order valence-electron chi connectivity index (χ4n) is 1.39. The molecule has 8 heteroatoms. The molecule has 110 valence electrons. The normalized spacial score (nSPS) is 10.1. The van der Waals surface area contributed by atoms with Crippen molar-refractivity contribution in [2.45, 2.75) is 12.1 Å². The number of para-hydroxylation sites is 1. The Kier molecular flexibility index (Phi) is 5.33. The van der Waals surface area contributed by atoms with Gasteiger partial charge in [0.05, 0.1) is 12.4 Å². The van der Waals surface area contributed by atoms with Crippen LogP contribution in [0.1, 0.15) is 17.6 Å². The minimum absolute atomic E-state index is 0.0966. The highest BCUT2D eigenvalue weighted by Crippen LogP contribution is 2.17. The molecule has 2 aromatic rings. The van der Waals surface area contributed by atoms with Gasteiger partial charge in [0, 0.05) is 5.69 Å². The monoisotopic (exact) mass is 307 g/mol. The van der Waals surface area contributed by atoms with Crippen LogP contribution in [-0.4, -0.2) is 34.4 Å². The number of nitrogens with zero attached hydrogens (tertiary/aromatic N) is 2. The van der Waals surface area contributed by atoms with E-state index in [0.717, 1.165) is 11.8 Å². The SMILES string of the molecule is CCOC(=O)c1nnc(SCC(=O)Nc2ccccc2)o1. The predicted octanol–water partition coefficient (Wildman–Crippen LogP) is 1.98. The summed E-state index contributed by atoms with van der Waals surface area (Å²) in [6, 6.07) is 9.08. The molecule has 0 saturated heterocycles. The summed E-state index contributed by atoms with van der Waals surface area (Å²) in [5.74, 6) is -1.00. The zero-order valence-corrected chi connectivity index (χ0v) is 12.1. The molecule has 2 rings (SSSR count). The summed E-state index contributed by atoms with van der Waals surface area (Å²) in [7, 11) is 0. The Balaban J connectivity index is 1.83. The van der Waals surface area contributed by atoms with E-state index in [1.165, 1.54) is 0 Å². The van der Waals surface area contributed by atoms with E-state index in [-0.39, 0.29) is 29.4 Å². The summed E-state index contributed by atoms with van der Waals surface area (Å²) in [6.07, 6.45) is 0. The van der Waals surface area contributed by atoms with E-state index in [2.05, 4.69) is 15.5 Å². The van der Waals surface area contributed by atoms with E-state index >= 15 is 0 Å². The fraction of sp³-hybridized carbons (Fsp3) is 0.231. The predicted molar refractivity (Wildman–Crippen MR) is 76.1 cm³/mol. The van der Waals surface area contributed by atoms with Crippen LogP contribution in [0, 0.1) is 0 Å². The van der Waals surface area contributed by atoms with E-state index in [9.17, 15) is 9.59 Å². The maximum Gasteiger partial charge on any atom is 0.396 e. The number of carbonyl (C=O) groups is 2. The van der Waals surface area contributed by atoms with Gasteiger partial charge >= 0.3 is 11.9 Å². The van der Waals surface area contributed by atoms with E-state index in [4.69, 9.17) is 9.15 Å². The summed E-state index contributed by atoms with van der Waals surface area (Å²) < 4.78 is 9.81. The van der Waals surface area contributed by atoms with Crippen LogP contribution in [0.3, 0.4) is 0 Å². The van der Waals surface area contributed by atoms with Crippen molar-refractivity contribution in [3.63, 3.8) is 0 Å². The number of nitrogens with one attached hydrogen (secondary N) is 1. The van der Waals surface area contributed by atoms with E-state index in [1.54, 1.807) is 19.1 Å². The number of hydrogen-bond donors (Lipinski definition) is 1. The number of benzene rings is 1. The quantitative estimate of drug-likeness (QED) is 0.644. The van der Waals surface area contributed by atoms with E-state index in [1.807, 2.05) is 18.2 Å². The van der Waals surface area contributed by atoms with Gasteiger partial charge in [-0.25, -0.2) is 4.79 Å².